The number of amides is 3. The Hall–Kier alpha value is -1.96. The van der Waals surface area contributed by atoms with E-state index in [1.54, 1.807) is 0 Å². The Labute approximate surface area is 148 Å². The van der Waals surface area contributed by atoms with E-state index in [2.05, 4.69) is 5.32 Å². The first-order valence-corrected chi connectivity index (χ1v) is 8.54. The van der Waals surface area contributed by atoms with Crippen LogP contribution in [-0.4, -0.2) is 53.6 Å². The molecule has 1 saturated heterocycles. The number of carbonyl (C=O) groups is 4. The van der Waals surface area contributed by atoms with Gasteiger partial charge in [0.2, 0.25) is 17.6 Å². The SMILES string of the molecule is CC(C)[C@H]1CCN(C(=O)[C@@H](N)C(C)(C)C)[C@@H]1C(=O)NCC(=O)C(N)=O. The van der Waals surface area contributed by atoms with E-state index in [-0.39, 0.29) is 17.7 Å². The van der Waals surface area contributed by atoms with Crippen molar-refractivity contribution >= 4 is 23.5 Å². The highest BCUT2D eigenvalue weighted by Gasteiger charge is 2.45. The van der Waals surface area contributed by atoms with Gasteiger partial charge in [0.25, 0.3) is 5.91 Å². The molecule has 0 aromatic rings. The van der Waals surface area contributed by atoms with Crippen LogP contribution in [0.1, 0.15) is 41.0 Å². The van der Waals surface area contributed by atoms with Crippen molar-refractivity contribution in [1.29, 1.82) is 0 Å². The molecule has 0 aliphatic carbocycles. The normalized spacial score (nSPS) is 22.0. The summed E-state index contributed by atoms with van der Waals surface area (Å²) >= 11 is 0. The van der Waals surface area contributed by atoms with Crippen molar-refractivity contribution in [2.24, 2.45) is 28.7 Å². The summed E-state index contributed by atoms with van der Waals surface area (Å²) in [7, 11) is 0. The van der Waals surface area contributed by atoms with Crippen LogP contribution in [-0.2, 0) is 19.2 Å². The van der Waals surface area contributed by atoms with E-state index in [9.17, 15) is 19.2 Å². The molecule has 0 radical (unpaired) electrons. The van der Waals surface area contributed by atoms with Crippen LogP contribution in [0.2, 0.25) is 0 Å². The molecule has 1 heterocycles. The van der Waals surface area contributed by atoms with Crippen LogP contribution in [0, 0.1) is 17.3 Å². The zero-order chi connectivity index (χ0) is 19.5. The number of hydrogen-bond acceptors (Lipinski definition) is 5. The largest absolute Gasteiger partial charge is 0.363 e. The Morgan fingerprint density at radius 3 is 2.20 bits per heavy atom. The molecule has 0 aromatic carbocycles. The first-order valence-electron chi connectivity index (χ1n) is 8.54. The minimum absolute atomic E-state index is 0.0419. The van der Waals surface area contributed by atoms with Crippen molar-refractivity contribution in [3.05, 3.63) is 0 Å². The number of nitrogens with two attached hydrogens (primary N) is 2. The van der Waals surface area contributed by atoms with Gasteiger partial charge in [-0.25, -0.2) is 0 Å². The molecule has 1 rings (SSSR count). The molecule has 0 aromatic heterocycles. The number of Topliss-reactive ketones (excluding diaryl/α,β-unsaturated/α-hetero) is 1. The van der Waals surface area contributed by atoms with Crippen LogP contribution >= 0.6 is 0 Å². The van der Waals surface area contributed by atoms with E-state index in [1.807, 2.05) is 34.6 Å². The molecular weight excluding hydrogens is 324 g/mol. The fraction of sp³-hybridized carbons (Fsp3) is 0.765. The summed E-state index contributed by atoms with van der Waals surface area (Å²) in [5.41, 5.74) is 10.5. The van der Waals surface area contributed by atoms with E-state index >= 15 is 0 Å². The fourth-order valence-corrected chi connectivity index (χ4v) is 3.01. The predicted octanol–water partition coefficient (Wildman–Crippen LogP) is -0.596. The van der Waals surface area contributed by atoms with Gasteiger partial charge in [-0.15, -0.1) is 0 Å². The molecule has 8 nitrogen and oxygen atoms in total. The highest BCUT2D eigenvalue weighted by atomic mass is 16.2. The summed E-state index contributed by atoms with van der Waals surface area (Å²) in [6, 6.07) is -1.44. The monoisotopic (exact) mass is 354 g/mol. The van der Waals surface area contributed by atoms with Gasteiger partial charge in [0, 0.05) is 6.54 Å². The van der Waals surface area contributed by atoms with Crippen LogP contribution in [0.25, 0.3) is 0 Å². The number of carbonyl (C=O) groups excluding carboxylic acids is 4. The molecule has 1 aliphatic heterocycles. The van der Waals surface area contributed by atoms with Gasteiger partial charge in [0.15, 0.2) is 0 Å². The highest BCUT2D eigenvalue weighted by Crippen LogP contribution is 2.32. The van der Waals surface area contributed by atoms with E-state index in [0.717, 1.165) is 0 Å². The Kier molecular flexibility index (Phi) is 6.70. The van der Waals surface area contributed by atoms with Gasteiger partial charge in [-0.3, -0.25) is 19.2 Å². The van der Waals surface area contributed by atoms with Gasteiger partial charge in [0.05, 0.1) is 12.6 Å². The summed E-state index contributed by atoms with van der Waals surface area (Å²) in [4.78, 5) is 49.1. The maximum absolute atomic E-state index is 12.8. The average molecular weight is 354 g/mol. The number of likely N-dealkylation sites (tertiary alicyclic amines) is 1. The Morgan fingerprint density at radius 1 is 1.20 bits per heavy atom. The quantitative estimate of drug-likeness (QED) is 0.547. The van der Waals surface area contributed by atoms with Crippen molar-refractivity contribution in [3.63, 3.8) is 0 Å². The van der Waals surface area contributed by atoms with E-state index in [0.29, 0.717) is 13.0 Å². The number of rotatable bonds is 6. The van der Waals surface area contributed by atoms with Gasteiger partial charge < -0.3 is 21.7 Å². The average Bonchev–Trinajstić information content (AvgIpc) is 2.94. The molecular formula is C17H30N4O4. The van der Waals surface area contributed by atoms with Crippen molar-refractivity contribution in [3.8, 4) is 0 Å². The third-order valence-electron chi connectivity index (χ3n) is 4.75. The van der Waals surface area contributed by atoms with Crippen molar-refractivity contribution in [2.75, 3.05) is 13.1 Å². The van der Waals surface area contributed by atoms with Gasteiger partial charge in [-0.2, -0.15) is 0 Å². The van der Waals surface area contributed by atoms with E-state index in [1.165, 1.54) is 4.90 Å². The minimum Gasteiger partial charge on any atom is -0.363 e. The molecule has 0 unspecified atom stereocenters. The summed E-state index contributed by atoms with van der Waals surface area (Å²) in [5, 5.41) is 2.43. The predicted molar refractivity (Wildman–Crippen MR) is 93.1 cm³/mol. The van der Waals surface area contributed by atoms with Crippen molar-refractivity contribution < 1.29 is 19.2 Å². The smallest absolute Gasteiger partial charge is 0.286 e. The Morgan fingerprint density at radius 2 is 1.76 bits per heavy atom. The fourth-order valence-electron chi connectivity index (χ4n) is 3.01. The lowest BCUT2D eigenvalue weighted by molar-refractivity contribution is -0.143. The van der Waals surface area contributed by atoms with Crippen LogP contribution < -0.4 is 16.8 Å². The lowest BCUT2D eigenvalue weighted by atomic mass is 9.85. The second-order valence-electron chi connectivity index (χ2n) is 8.02. The molecule has 0 saturated carbocycles. The standard InChI is InChI=1S/C17H30N4O4/c1-9(2)10-6-7-21(16(25)13(18)17(3,4)5)12(10)15(24)20-8-11(22)14(19)23/h9-10,12-13H,6-8,18H2,1-5H3,(H2,19,23)(H,20,24)/t10-,12+,13-/m1/s1. The Balaban J connectivity index is 2.97. The Bertz CT molecular complexity index is 553. The zero-order valence-electron chi connectivity index (χ0n) is 15.7. The molecule has 25 heavy (non-hydrogen) atoms. The van der Waals surface area contributed by atoms with Gasteiger partial charge in [0.1, 0.15) is 6.04 Å². The first kappa shape index (κ1) is 21.1. The lowest BCUT2D eigenvalue weighted by Gasteiger charge is -2.34. The van der Waals surface area contributed by atoms with Crippen LogP contribution in [0.5, 0.6) is 0 Å². The summed E-state index contributed by atoms with van der Waals surface area (Å²) in [6.45, 7) is 9.54. The van der Waals surface area contributed by atoms with Crippen molar-refractivity contribution in [1.82, 2.24) is 10.2 Å². The van der Waals surface area contributed by atoms with E-state index < -0.39 is 41.6 Å². The number of primary amides is 1. The maximum atomic E-state index is 12.8. The third-order valence-corrected chi connectivity index (χ3v) is 4.75. The molecule has 0 spiro atoms. The molecule has 5 N–H and O–H groups in total. The molecule has 8 heteroatoms. The second kappa shape index (κ2) is 7.95. The van der Waals surface area contributed by atoms with Crippen LogP contribution in [0.4, 0.5) is 0 Å². The number of nitrogens with one attached hydrogen (secondary N) is 1. The number of nitrogens with zero attached hydrogens (tertiary/aromatic N) is 1. The van der Waals surface area contributed by atoms with Crippen molar-refractivity contribution in [2.45, 2.75) is 53.1 Å². The van der Waals surface area contributed by atoms with Crippen LogP contribution in [0.15, 0.2) is 0 Å². The topological polar surface area (TPSA) is 136 Å². The first-order chi connectivity index (χ1) is 11.4. The van der Waals surface area contributed by atoms with Gasteiger partial charge >= 0.3 is 0 Å². The maximum Gasteiger partial charge on any atom is 0.286 e. The van der Waals surface area contributed by atoms with Crippen LogP contribution in [0.3, 0.4) is 0 Å². The molecule has 3 atom stereocenters. The lowest BCUT2D eigenvalue weighted by Crippen LogP contribution is -2.56. The number of hydrogen-bond donors (Lipinski definition) is 3. The summed E-state index contributed by atoms with van der Waals surface area (Å²) < 4.78 is 0. The molecule has 1 aliphatic rings. The van der Waals surface area contributed by atoms with Gasteiger partial charge in [-0.1, -0.05) is 34.6 Å². The third kappa shape index (κ3) is 5.01. The molecule has 0 bridgehead atoms. The zero-order valence-corrected chi connectivity index (χ0v) is 15.7. The second-order valence-corrected chi connectivity index (χ2v) is 8.02. The highest BCUT2D eigenvalue weighted by molar-refractivity contribution is 6.36. The van der Waals surface area contributed by atoms with E-state index in [4.69, 9.17) is 11.5 Å². The molecule has 1 fully saturated rings. The molecule has 142 valence electrons. The molecule has 3 amide bonds. The minimum atomic E-state index is -1.10. The summed E-state index contributed by atoms with van der Waals surface area (Å²) in [6.07, 6.45) is 0.683. The van der Waals surface area contributed by atoms with Gasteiger partial charge in [-0.05, 0) is 23.7 Å². The number of ketones is 1. The summed E-state index contributed by atoms with van der Waals surface area (Å²) in [5.74, 6) is -2.59.